The number of carbonyl (C=O) groups is 2. The van der Waals surface area contributed by atoms with Crippen molar-refractivity contribution in [2.24, 2.45) is 16.5 Å². The van der Waals surface area contributed by atoms with E-state index in [4.69, 9.17) is 16.2 Å². The summed E-state index contributed by atoms with van der Waals surface area (Å²) in [5.74, 6) is -0.599. The van der Waals surface area contributed by atoms with Crippen LogP contribution in [0.5, 0.6) is 0 Å². The van der Waals surface area contributed by atoms with Crippen molar-refractivity contribution in [1.29, 1.82) is 0 Å². The lowest BCUT2D eigenvalue weighted by Crippen LogP contribution is -2.46. The van der Waals surface area contributed by atoms with Gasteiger partial charge >= 0.3 is 12.0 Å². The van der Waals surface area contributed by atoms with Gasteiger partial charge in [0.1, 0.15) is 12.8 Å². The van der Waals surface area contributed by atoms with Gasteiger partial charge in [0, 0.05) is 12.1 Å². The lowest BCUT2D eigenvalue weighted by molar-refractivity contribution is -0.138. The Bertz CT molecular complexity index is 626. The molecule has 0 aliphatic rings. The van der Waals surface area contributed by atoms with E-state index in [2.05, 4.69) is 16.9 Å². The monoisotopic (exact) mass is 347 g/mol. The molecule has 1 aromatic rings. The molecule has 0 aliphatic heterocycles. The normalized spacial score (nSPS) is 11.1. The van der Waals surface area contributed by atoms with Crippen molar-refractivity contribution in [3.05, 3.63) is 48.0 Å². The second-order valence-corrected chi connectivity index (χ2v) is 5.45. The number of amides is 2. The van der Waals surface area contributed by atoms with Crippen LogP contribution in [0.25, 0.3) is 0 Å². The number of guanidine groups is 1. The van der Waals surface area contributed by atoms with Crippen molar-refractivity contribution in [3.63, 3.8) is 0 Å². The zero-order valence-corrected chi connectivity index (χ0v) is 14.6. The number of rotatable bonds is 8. The van der Waals surface area contributed by atoms with Crippen LogP contribution in [0.2, 0.25) is 0 Å². The Morgan fingerprint density at radius 2 is 1.96 bits per heavy atom. The Morgan fingerprint density at radius 1 is 1.32 bits per heavy atom. The molecule has 8 nitrogen and oxygen atoms in total. The molecular weight excluding hydrogens is 322 g/mol. The maximum absolute atomic E-state index is 12.5. The molecule has 0 heterocycles. The first-order valence-electron chi connectivity index (χ1n) is 7.81. The molecule has 0 aliphatic carbocycles. The maximum atomic E-state index is 12.5. The van der Waals surface area contributed by atoms with E-state index in [1.54, 1.807) is 13.8 Å². The number of nitrogens with zero attached hydrogens (tertiary/aromatic N) is 2. The molecule has 8 heteroatoms. The van der Waals surface area contributed by atoms with Gasteiger partial charge in [-0.25, -0.2) is 14.6 Å². The van der Waals surface area contributed by atoms with Crippen molar-refractivity contribution < 1.29 is 14.3 Å². The molecule has 2 amide bonds. The highest BCUT2D eigenvalue weighted by atomic mass is 16.5. The van der Waals surface area contributed by atoms with Gasteiger partial charge in [-0.1, -0.05) is 36.9 Å². The third-order valence-electron chi connectivity index (χ3n) is 3.20. The molecule has 1 atom stereocenters. The van der Waals surface area contributed by atoms with E-state index in [0.717, 1.165) is 5.56 Å². The Hall–Kier alpha value is -3.03. The van der Waals surface area contributed by atoms with Gasteiger partial charge in [0.15, 0.2) is 5.96 Å². The first kappa shape index (κ1) is 20.0. The number of hydrogen-bond acceptors (Lipinski definition) is 4. The summed E-state index contributed by atoms with van der Waals surface area (Å²) >= 11 is 0. The Labute approximate surface area is 147 Å². The van der Waals surface area contributed by atoms with Crippen molar-refractivity contribution in [1.82, 2.24) is 10.2 Å². The number of nitrogens with two attached hydrogens (primary N) is 2. The highest BCUT2D eigenvalue weighted by molar-refractivity contribution is 5.86. The summed E-state index contributed by atoms with van der Waals surface area (Å²) in [4.78, 5) is 29.3. The largest absolute Gasteiger partial charge is 0.460 e. The van der Waals surface area contributed by atoms with Gasteiger partial charge in [-0.2, -0.15) is 0 Å². The molecule has 25 heavy (non-hydrogen) atoms. The number of urea groups is 1. The van der Waals surface area contributed by atoms with Crippen LogP contribution in [0, 0.1) is 0 Å². The van der Waals surface area contributed by atoms with Crippen molar-refractivity contribution >= 4 is 18.0 Å². The van der Waals surface area contributed by atoms with E-state index >= 15 is 0 Å². The third-order valence-corrected chi connectivity index (χ3v) is 3.20. The van der Waals surface area contributed by atoms with Crippen molar-refractivity contribution in [2.45, 2.75) is 26.6 Å². The third kappa shape index (κ3) is 7.38. The summed E-state index contributed by atoms with van der Waals surface area (Å²) in [6.07, 6.45) is -0.553. The van der Waals surface area contributed by atoms with E-state index in [1.807, 2.05) is 30.3 Å². The predicted molar refractivity (Wildman–Crippen MR) is 96.4 cm³/mol. The number of esters is 1. The van der Waals surface area contributed by atoms with Gasteiger partial charge in [-0.15, -0.1) is 0 Å². The van der Waals surface area contributed by atoms with Crippen LogP contribution in [0.4, 0.5) is 4.79 Å². The van der Waals surface area contributed by atoms with Gasteiger partial charge in [0.2, 0.25) is 0 Å². The van der Waals surface area contributed by atoms with Crippen LogP contribution in [0.3, 0.4) is 0 Å². The van der Waals surface area contributed by atoms with Crippen LogP contribution in [0.1, 0.15) is 19.4 Å². The van der Waals surface area contributed by atoms with Gasteiger partial charge in [-0.3, -0.25) is 4.90 Å². The molecule has 0 bridgehead atoms. The SMILES string of the molecule is C=C(C)C(=O)OCCNC(=O)N(Cc1ccccc1)C(C)N=C(N)N. The summed E-state index contributed by atoms with van der Waals surface area (Å²) in [6, 6.07) is 9.09. The number of aliphatic imine (C=N–C) groups is 1. The van der Waals surface area contributed by atoms with Crippen LogP contribution >= 0.6 is 0 Å². The first-order chi connectivity index (χ1) is 11.8. The van der Waals surface area contributed by atoms with Crippen LogP contribution in [-0.4, -0.2) is 42.2 Å². The molecule has 0 fully saturated rings. The van der Waals surface area contributed by atoms with E-state index < -0.39 is 12.1 Å². The number of carbonyl (C=O) groups excluding carboxylic acids is 2. The second kappa shape index (κ2) is 9.96. The maximum Gasteiger partial charge on any atom is 0.333 e. The molecule has 1 rings (SSSR count). The summed E-state index contributed by atoms with van der Waals surface area (Å²) in [5, 5.41) is 2.68. The van der Waals surface area contributed by atoms with Crippen LogP contribution in [-0.2, 0) is 16.1 Å². The first-order valence-corrected chi connectivity index (χ1v) is 7.81. The highest BCUT2D eigenvalue weighted by Crippen LogP contribution is 2.09. The molecule has 0 saturated heterocycles. The van der Waals surface area contributed by atoms with E-state index in [0.29, 0.717) is 12.1 Å². The quantitative estimate of drug-likeness (QED) is 0.212. The topological polar surface area (TPSA) is 123 Å². The smallest absolute Gasteiger partial charge is 0.333 e. The molecule has 136 valence electrons. The standard InChI is InChI=1S/C17H25N5O3/c1-12(2)15(23)25-10-9-20-17(24)22(13(3)21-16(18)19)11-14-7-5-4-6-8-14/h4-8,13H,1,9-11H2,2-3H3,(H,20,24)(H4,18,19,21). The number of hydrogen-bond donors (Lipinski definition) is 3. The Balaban J connectivity index is 2.67. The van der Waals surface area contributed by atoms with Crippen molar-refractivity contribution in [2.75, 3.05) is 13.2 Å². The lowest BCUT2D eigenvalue weighted by Gasteiger charge is -2.27. The molecule has 0 aromatic heterocycles. The van der Waals surface area contributed by atoms with Crippen LogP contribution < -0.4 is 16.8 Å². The minimum Gasteiger partial charge on any atom is -0.460 e. The molecular formula is C17H25N5O3. The van der Waals surface area contributed by atoms with E-state index in [-0.39, 0.29) is 25.1 Å². The number of nitrogens with one attached hydrogen (secondary N) is 1. The average molecular weight is 347 g/mol. The van der Waals surface area contributed by atoms with Gasteiger partial charge in [-0.05, 0) is 19.4 Å². The number of ether oxygens (including phenoxy) is 1. The van der Waals surface area contributed by atoms with E-state index in [9.17, 15) is 9.59 Å². The lowest BCUT2D eigenvalue weighted by atomic mass is 10.2. The van der Waals surface area contributed by atoms with Gasteiger partial charge < -0.3 is 21.5 Å². The fourth-order valence-electron chi connectivity index (χ4n) is 1.97. The highest BCUT2D eigenvalue weighted by Gasteiger charge is 2.20. The van der Waals surface area contributed by atoms with Crippen LogP contribution in [0.15, 0.2) is 47.5 Å². The zero-order valence-electron chi connectivity index (χ0n) is 14.6. The summed E-state index contributed by atoms with van der Waals surface area (Å²) in [5.41, 5.74) is 12.1. The van der Waals surface area contributed by atoms with Gasteiger partial charge in [0.05, 0.1) is 6.54 Å². The zero-order chi connectivity index (χ0) is 18.8. The molecule has 0 saturated carbocycles. The average Bonchev–Trinajstić information content (AvgIpc) is 2.56. The molecule has 5 N–H and O–H groups in total. The molecule has 0 radical (unpaired) electrons. The second-order valence-electron chi connectivity index (χ2n) is 5.45. The van der Waals surface area contributed by atoms with Gasteiger partial charge in [0.25, 0.3) is 0 Å². The summed E-state index contributed by atoms with van der Waals surface area (Å²) in [7, 11) is 0. The summed E-state index contributed by atoms with van der Waals surface area (Å²) in [6.45, 7) is 7.30. The van der Waals surface area contributed by atoms with E-state index in [1.165, 1.54) is 4.90 Å². The summed E-state index contributed by atoms with van der Waals surface area (Å²) < 4.78 is 4.94. The minimum absolute atomic E-state index is 0.0489. The Kier molecular flexibility index (Phi) is 7.98. The number of benzene rings is 1. The minimum atomic E-state index is -0.553. The molecule has 1 unspecified atom stereocenters. The molecule has 1 aromatic carbocycles. The predicted octanol–water partition coefficient (Wildman–Crippen LogP) is 0.937. The van der Waals surface area contributed by atoms with Crippen molar-refractivity contribution in [3.8, 4) is 0 Å². The fraction of sp³-hybridized carbons (Fsp3) is 0.353. The molecule has 0 spiro atoms. The fourth-order valence-corrected chi connectivity index (χ4v) is 1.97. The Morgan fingerprint density at radius 3 is 2.52 bits per heavy atom.